The summed E-state index contributed by atoms with van der Waals surface area (Å²) in [6, 6.07) is 25.5. The first-order valence-electron chi connectivity index (χ1n) is 27.1. The summed E-state index contributed by atoms with van der Waals surface area (Å²) in [6.45, 7) is 41.2. The van der Waals surface area contributed by atoms with Gasteiger partial charge in [0.25, 0.3) is 6.71 Å². The smallest absolute Gasteiger partial charge is 0.254 e. The van der Waals surface area contributed by atoms with Crippen LogP contribution in [-0.2, 0) is 32.5 Å². The summed E-state index contributed by atoms with van der Waals surface area (Å²) in [5.41, 5.74) is 23.4. The maximum Gasteiger partial charge on any atom is 0.254 e. The van der Waals surface area contributed by atoms with Crippen LogP contribution in [0.25, 0.3) is 15.7 Å². The summed E-state index contributed by atoms with van der Waals surface area (Å²) < 4.78 is 1.40. The Balaban J connectivity index is 1.32. The Labute approximate surface area is 432 Å². The van der Waals surface area contributed by atoms with E-state index < -0.39 is 0 Å². The number of benzene rings is 4. The molecular formula is C67H79BN2S. The molecule has 2 nitrogen and oxygen atoms in total. The summed E-state index contributed by atoms with van der Waals surface area (Å²) >= 11 is 2.03. The summed E-state index contributed by atoms with van der Waals surface area (Å²) in [4.78, 5) is 5.40. The molecule has 0 fully saturated rings. The maximum absolute atomic E-state index is 4.01. The monoisotopic (exact) mass is 955 g/mol. The van der Waals surface area contributed by atoms with Gasteiger partial charge in [0.05, 0.1) is 16.4 Å². The largest absolute Gasteiger partial charge is 0.303 e. The highest BCUT2D eigenvalue weighted by Crippen LogP contribution is 2.55. The van der Waals surface area contributed by atoms with Crippen molar-refractivity contribution in [3.8, 4) is 11.8 Å². The van der Waals surface area contributed by atoms with E-state index in [1.54, 1.807) is 0 Å². The second-order valence-electron chi connectivity index (χ2n) is 28.1. The van der Waals surface area contributed by atoms with Crippen molar-refractivity contribution in [2.75, 3.05) is 9.80 Å². The van der Waals surface area contributed by atoms with Gasteiger partial charge in [-0.15, -0.1) is 11.3 Å². The standard InChI is InChI=1S/C67H79BN2S/c1-61(2,3)42-24-21-25-54-52(35-42)68-58-47-39-50-51(67(16,17)33-32-66(50,14)15)40-57(47)71-60(58)69(45-27-28-48-49(38-45)65(12,13)31-30-64(48,10)11)55-36-44(63(7,8)9)37-56(59(55)68)70(54)53-29-26-43(62(4,5)6)34-46(53)41-22-19-18-20-23-41/h18-19,22,26-29,34-40H,20,23-24,30-33H2,1-17H3. The molecule has 0 radical (unpaired) electrons. The van der Waals surface area contributed by atoms with Gasteiger partial charge in [0.15, 0.2) is 0 Å². The molecule has 0 saturated carbocycles. The first kappa shape index (κ1) is 48.3. The fourth-order valence-electron chi connectivity index (χ4n) is 13.0. The van der Waals surface area contributed by atoms with Crippen molar-refractivity contribution in [3.63, 3.8) is 0 Å². The van der Waals surface area contributed by atoms with E-state index in [0.717, 1.165) is 25.0 Å². The van der Waals surface area contributed by atoms with Gasteiger partial charge in [-0.05, 0) is 192 Å². The maximum atomic E-state index is 4.01. The van der Waals surface area contributed by atoms with E-state index in [1.165, 1.54) is 130 Å². The summed E-state index contributed by atoms with van der Waals surface area (Å²) in [6.07, 6.45) is 17.2. The van der Waals surface area contributed by atoms with Crippen LogP contribution >= 0.6 is 11.3 Å². The molecule has 0 amide bonds. The van der Waals surface area contributed by atoms with Gasteiger partial charge in [-0.25, -0.2) is 0 Å². The van der Waals surface area contributed by atoms with Gasteiger partial charge in [0, 0.05) is 33.7 Å². The molecule has 3 heterocycles. The normalized spacial score (nSPS) is 20.5. The predicted octanol–water partition coefficient (Wildman–Crippen LogP) is 17.6. The van der Waals surface area contributed by atoms with Crippen molar-refractivity contribution in [2.45, 2.75) is 195 Å². The molecule has 0 N–H and O–H groups in total. The van der Waals surface area contributed by atoms with Crippen molar-refractivity contribution >= 4 is 72.4 Å². The van der Waals surface area contributed by atoms with E-state index >= 15 is 0 Å². The van der Waals surface area contributed by atoms with E-state index in [0.29, 0.717) is 0 Å². The molecule has 4 aromatic carbocycles. The van der Waals surface area contributed by atoms with Crippen LogP contribution in [-0.4, -0.2) is 6.71 Å². The number of hydrogen-bond acceptors (Lipinski definition) is 3. The molecule has 5 aromatic rings. The zero-order chi connectivity index (χ0) is 50.7. The molecule has 366 valence electrons. The van der Waals surface area contributed by atoms with Crippen molar-refractivity contribution in [1.29, 1.82) is 0 Å². The third kappa shape index (κ3) is 7.71. The van der Waals surface area contributed by atoms with E-state index in [4.69, 9.17) is 0 Å². The van der Waals surface area contributed by atoms with E-state index in [-0.39, 0.29) is 44.6 Å². The van der Waals surface area contributed by atoms with Crippen LogP contribution < -0.4 is 20.7 Å². The first-order valence-corrected chi connectivity index (χ1v) is 27.9. The van der Waals surface area contributed by atoms with Crippen LogP contribution in [0.5, 0.6) is 0 Å². The minimum Gasteiger partial charge on any atom is -0.303 e. The Bertz CT molecular complexity index is 3300. The predicted molar refractivity (Wildman–Crippen MR) is 311 cm³/mol. The van der Waals surface area contributed by atoms with E-state index in [2.05, 4.69) is 224 Å². The molecule has 2 aliphatic heterocycles. The van der Waals surface area contributed by atoms with Gasteiger partial charge < -0.3 is 9.80 Å². The van der Waals surface area contributed by atoms with Gasteiger partial charge in [0.1, 0.15) is 0 Å². The van der Waals surface area contributed by atoms with Gasteiger partial charge in [-0.1, -0.05) is 166 Å². The molecule has 11 rings (SSSR count). The molecule has 71 heavy (non-hydrogen) atoms. The summed E-state index contributed by atoms with van der Waals surface area (Å²) in [7, 11) is 0. The average molecular weight is 955 g/mol. The van der Waals surface area contributed by atoms with Gasteiger partial charge in [-0.3, -0.25) is 0 Å². The Kier molecular flexibility index (Phi) is 10.7. The second-order valence-corrected chi connectivity index (χ2v) is 29.1. The molecule has 0 spiro atoms. The minimum absolute atomic E-state index is 0.00785. The third-order valence-electron chi connectivity index (χ3n) is 18.1. The van der Waals surface area contributed by atoms with Gasteiger partial charge in [-0.2, -0.15) is 0 Å². The summed E-state index contributed by atoms with van der Waals surface area (Å²) in [5.74, 6) is 7.85. The van der Waals surface area contributed by atoms with E-state index in [9.17, 15) is 0 Å². The minimum atomic E-state index is -0.129. The van der Waals surface area contributed by atoms with Crippen LogP contribution in [0.4, 0.5) is 27.8 Å². The Morgan fingerprint density at radius 1 is 0.592 bits per heavy atom. The molecule has 0 atom stereocenters. The lowest BCUT2D eigenvalue weighted by Crippen LogP contribution is -2.55. The second kappa shape index (κ2) is 15.8. The van der Waals surface area contributed by atoms with Crippen LogP contribution in [0.3, 0.4) is 0 Å². The quantitative estimate of drug-likeness (QED) is 0.131. The molecule has 0 unspecified atom stereocenters. The SMILES string of the molecule is CC(C)(C)C1=CC2=C(C#CC1)N(c1ccc(C(C)(C)C)cc1C1=CC=CCC1)c1cc(C(C)(C)C)cc3c1B2c1c(sc2cc4c(cc12)C(C)(C)CCC4(C)C)N3c1ccc2c(c1)C(C)(C)CCC2(C)C. The van der Waals surface area contributed by atoms with Crippen molar-refractivity contribution in [2.24, 2.45) is 5.41 Å². The lowest BCUT2D eigenvalue weighted by Gasteiger charge is -2.45. The number of hydrogen-bond donors (Lipinski definition) is 0. The average Bonchev–Trinajstić information content (AvgIpc) is 3.50. The Hall–Kier alpha value is -4.98. The molecule has 1 aromatic heterocycles. The van der Waals surface area contributed by atoms with Gasteiger partial charge in [0.2, 0.25) is 0 Å². The number of anilines is 5. The van der Waals surface area contributed by atoms with Crippen LogP contribution in [0.15, 0.2) is 102 Å². The zero-order valence-corrected chi connectivity index (χ0v) is 47.2. The van der Waals surface area contributed by atoms with Gasteiger partial charge >= 0.3 is 0 Å². The first-order chi connectivity index (χ1) is 33.1. The van der Waals surface area contributed by atoms with Crippen LogP contribution in [0, 0.1) is 17.3 Å². The Morgan fingerprint density at radius 3 is 1.80 bits per heavy atom. The van der Waals surface area contributed by atoms with E-state index in [1.807, 2.05) is 11.3 Å². The van der Waals surface area contributed by atoms with Crippen molar-refractivity contribution in [3.05, 3.63) is 141 Å². The fourth-order valence-corrected chi connectivity index (χ4v) is 14.3. The molecule has 0 saturated heterocycles. The number of thiophene rings is 1. The summed E-state index contributed by atoms with van der Waals surface area (Å²) in [5, 5.41) is 2.77. The number of fused-ring (bicyclic) bond motifs is 7. The number of nitrogens with zero attached hydrogens (tertiary/aromatic N) is 2. The number of rotatable bonds is 3. The highest BCUT2D eigenvalue weighted by Gasteiger charge is 2.49. The lowest BCUT2D eigenvalue weighted by atomic mass is 9.32. The topological polar surface area (TPSA) is 6.48 Å². The van der Waals surface area contributed by atoms with Crippen LogP contribution in [0.1, 0.15) is 202 Å². The molecule has 0 bridgehead atoms. The number of allylic oxidation sites excluding steroid dienone is 8. The lowest BCUT2D eigenvalue weighted by molar-refractivity contribution is 0.332. The highest BCUT2D eigenvalue weighted by molar-refractivity contribution is 7.26. The molecule has 6 aliphatic rings. The van der Waals surface area contributed by atoms with Crippen LogP contribution in [0.2, 0.25) is 0 Å². The third-order valence-corrected chi connectivity index (χ3v) is 19.2. The van der Waals surface area contributed by atoms with Crippen molar-refractivity contribution in [1.82, 2.24) is 0 Å². The molecule has 4 aliphatic carbocycles. The fraction of sp³-hybridized carbons (Fsp3) is 0.463. The van der Waals surface area contributed by atoms with Crippen molar-refractivity contribution < 1.29 is 0 Å². The zero-order valence-electron chi connectivity index (χ0n) is 46.4. The Morgan fingerprint density at radius 2 is 1.20 bits per heavy atom. The molecule has 4 heteroatoms. The highest BCUT2D eigenvalue weighted by atomic mass is 32.1. The molecular weight excluding hydrogens is 876 g/mol.